The summed E-state index contributed by atoms with van der Waals surface area (Å²) in [5.41, 5.74) is 11.0. The molecule has 11 nitrogen and oxygen atoms in total. The Morgan fingerprint density at radius 1 is 0.933 bits per heavy atom. The predicted octanol–water partition coefficient (Wildman–Crippen LogP) is -2.05. The number of aliphatic hydroxyl groups excluding tert-OH is 1. The summed E-state index contributed by atoms with van der Waals surface area (Å²) in [6.45, 7) is 3.35. The lowest BCUT2D eigenvalue weighted by Crippen LogP contribution is -2.58. The van der Waals surface area contributed by atoms with Gasteiger partial charge >= 0.3 is 5.97 Å². The van der Waals surface area contributed by atoms with Crippen molar-refractivity contribution in [2.45, 2.75) is 63.7 Å². The minimum absolute atomic E-state index is 0.0358. The van der Waals surface area contributed by atoms with Crippen molar-refractivity contribution in [2.24, 2.45) is 17.4 Å². The lowest BCUT2D eigenvalue weighted by atomic mass is 10.0. The van der Waals surface area contributed by atoms with E-state index in [1.165, 1.54) is 0 Å². The number of thiol groups is 1. The van der Waals surface area contributed by atoms with Crippen LogP contribution in [0.1, 0.15) is 39.5 Å². The SMILES string of the molecule is CC(C)CC(NC(=O)C(N)CS)C(=O)NC(CO)C(=O)NC(CCCCN)C(=O)O. The molecule has 0 aliphatic carbocycles. The third kappa shape index (κ3) is 10.8. The Labute approximate surface area is 182 Å². The van der Waals surface area contributed by atoms with Gasteiger partial charge in [0, 0.05) is 5.75 Å². The van der Waals surface area contributed by atoms with Crippen molar-refractivity contribution in [1.82, 2.24) is 16.0 Å². The summed E-state index contributed by atoms with van der Waals surface area (Å²) in [6, 6.07) is -4.43. The summed E-state index contributed by atoms with van der Waals surface area (Å²) >= 11 is 3.95. The molecular formula is C18H35N5O6S. The van der Waals surface area contributed by atoms with Crippen molar-refractivity contribution >= 4 is 36.3 Å². The highest BCUT2D eigenvalue weighted by Crippen LogP contribution is 2.07. The first-order valence-electron chi connectivity index (χ1n) is 9.88. The molecule has 30 heavy (non-hydrogen) atoms. The first kappa shape index (κ1) is 28.1. The van der Waals surface area contributed by atoms with Gasteiger partial charge in [-0.1, -0.05) is 13.8 Å². The van der Waals surface area contributed by atoms with Crippen LogP contribution in [0.25, 0.3) is 0 Å². The molecule has 0 aromatic carbocycles. The van der Waals surface area contributed by atoms with E-state index in [0.717, 1.165) is 0 Å². The van der Waals surface area contributed by atoms with Gasteiger partial charge in [-0.2, -0.15) is 12.6 Å². The quantitative estimate of drug-likeness (QED) is 0.103. The number of unbranched alkanes of at least 4 members (excludes halogenated alkanes) is 1. The van der Waals surface area contributed by atoms with Gasteiger partial charge in [-0.15, -0.1) is 0 Å². The van der Waals surface area contributed by atoms with Crippen molar-refractivity contribution in [3.63, 3.8) is 0 Å². The van der Waals surface area contributed by atoms with Gasteiger partial charge in [-0.25, -0.2) is 4.79 Å². The highest BCUT2D eigenvalue weighted by atomic mass is 32.1. The van der Waals surface area contributed by atoms with E-state index in [1.54, 1.807) is 0 Å². The van der Waals surface area contributed by atoms with Gasteiger partial charge in [-0.05, 0) is 38.1 Å². The van der Waals surface area contributed by atoms with Crippen molar-refractivity contribution in [3.8, 4) is 0 Å². The molecule has 0 aliphatic rings. The Morgan fingerprint density at radius 3 is 1.93 bits per heavy atom. The number of rotatable bonds is 15. The smallest absolute Gasteiger partial charge is 0.326 e. The normalized spacial score (nSPS) is 15.0. The fraction of sp³-hybridized carbons (Fsp3) is 0.778. The first-order valence-corrected chi connectivity index (χ1v) is 10.5. The van der Waals surface area contributed by atoms with Crippen LogP contribution in [-0.4, -0.2) is 77.0 Å². The molecule has 0 saturated carbocycles. The summed E-state index contributed by atoms with van der Waals surface area (Å²) in [6.07, 6.45) is 1.54. The summed E-state index contributed by atoms with van der Waals surface area (Å²) in [5.74, 6) is -3.20. The molecule has 0 bridgehead atoms. The number of nitrogens with two attached hydrogens (primary N) is 2. The second-order valence-corrected chi connectivity index (χ2v) is 7.77. The van der Waals surface area contributed by atoms with Gasteiger partial charge in [0.1, 0.15) is 18.1 Å². The first-order chi connectivity index (χ1) is 14.1. The monoisotopic (exact) mass is 449 g/mol. The molecule has 9 N–H and O–H groups in total. The number of carboxylic acids is 1. The molecule has 0 heterocycles. The minimum atomic E-state index is -1.38. The molecule has 0 aliphatic heterocycles. The molecule has 0 fully saturated rings. The largest absolute Gasteiger partial charge is 0.480 e. The second kappa shape index (κ2) is 15.0. The number of amides is 3. The van der Waals surface area contributed by atoms with E-state index in [-0.39, 0.29) is 24.5 Å². The van der Waals surface area contributed by atoms with E-state index >= 15 is 0 Å². The molecule has 0 radical (unpaired) electrons. The molecule has 174 valence electrons. The van der Waals surface area contributed by atoms with Gasteiger partial charge in [0.15, 0.2) is 0 Å². The van der Waals surface area contributed by atoms with Crippen LogP contribution in [0.3, 0.4) is 0 Å². The number of hydrogen-bond donors (Lipinski definition) is 8. The summed E-state index contributed by atoms with van der Waals surface area (Å²) in [7, 11) is 0. The van der Waals surface area contributed by atoms with Crippen LogP contribution in [-0.2, 0) is 19.2 Å². The number of aliphatic hydroxyl groups is 1. The Bertz CT molecular complexity index is 577. The zero-order chi connectivity index (χ0) is 23.3. The standard InChI is InChI=1S/C18H35N5O6S/c1-10(2)7-13(22-15(25)11(20)9-30)16(26)23-14(8-24)17(27)21-12(18(28)29)5-3-4-6-19/h10-14,24,30H,3-9,19-20H2,1-2H3,(H,21,27)(H,22,25)(H,23,26)(H,28,29). The molecule has 3 amide bonds. The van der Waals surface area contributed by atoms with E-state index < -0.39 is 54.5 Å². The lowest BCUT2D eigenvalue weighted by molar-refractivity contribution is -0.142. The van der Waals surface area contributed by atoms with Crippen LogP contribution in [0, 0.1) is 5.92 Å². The Morgan fingerprint density at radius 2 is 1.47 bits per heavy atom. The van der Waals surface area contributed by atoms with Gasteiger partial charge in [0.05, 0.1) is 12.6 Å². The van der Waals surface area contributed by atoms with Crippen molar-refractivity contribution in [1.29, 1.82) is 0 Å². The van der Waals surface area contributed by atoms with Crippen LogP contribution in [0.4, 0.5) is 0 Å². The fourth-order valence-corrected chi connectivity index (χ4v) is 2.72. The average Bonchev–Trinajstić information content (AvgIpc) is 2.69. The van der Waals surface area contributed by atoms with E-state index in [9.17, 15) is 29.4 Å². The predicted molar refractivity (Wildman–Crippen MR) is 115 cm³/mol. The number of aliphatic carboxylic acids is 1. The molecule has 0 saturated heterocycles. The maximum Gasteiger partial charge on any atom is 0.326 e. The highest BCUT2D eigenvalue weighted by molar-refractivity contribution is 7.80. The van der Waals surface area contributed by atoms with E-state index in [1.807, 2.05) is 13.8 Å². The van der Waals surface area contributed by atoms with Crippen molar-refractivity contribution in [2.75, 3.05) is 18.9 Å². The van der Waals surface area contributed by atoms with E-state index in [0.29, 0.717) is 19.4 Å². The second-order valence-electron chi connectivity index (χ2n) is 7.41. The maximum absolute atomic E-state index is 12.6. The molecule has 4 atom stereocenters. The molecular weight excluding hydrogens is 414 g/mol. The van der Waals surface area contributed by atoms with Crippen molar-refractivity contribution in [3.05, 3.63) is 0 Å². The zero-order valence-electron chi connectivity index (χ0n) is 17.5. The molecule has 4 unspecified atom stereocenters. The minimum Gasteiger partial charge on any atom is -0.480 e. The van der Waals surface area contributed by atoms with Gasteiger partial charge in [-0.3, -0.25) is 14.4 Å². The third-order valence-corrected chi connectivity index (χ3v) is 4.64. The van der Waals surface area contributed by atoms with Crippen LogP contribution >= 0.6 is 12.6 Å². The number of hydrogen-bond acceptors (Lipinski definition) is 8. The molecule has 0 aromatic heterocycles. The maximum atomic E-state index is 12.6. The molecule has 12 heteroatoms. The summed E-state index contributed by atoms with van der Waals surface area (Å²) in [4.78, 5) is 48.4. The Hall–Kier alpha value is -1.89. The van der Waals surface area contributed by atoms with E-state index in [2.05, 4.69) is 28.6 Å². The molecule has 0 rings (SSSR count). The van der Waals surface area contributed by atoms with Crippen molar-refractivity contribution < 1.29 is 29.4 Å². The summed E-state index contributed by atoms with van der Waals surface area (Å²) in [5, 5.41) is 26.0. The Balaban J connectivity index is 5.12. The highest BCUT2D eigenvalue weighted by Gasteiger charge is 2.30. The van der Waals surface area contributed by atoms with E-state index in [4.69, 9.17) is 11.5 Å². The van der Waals surface area contributed by atoms with Crippen LogP contribution in [0.2, 0.25) is 0 Å². The van der Waals surface area contributed by atoms with Gasteiger partial charge in [0.2, 0.25) is 17.7 Å². The number of carbonyl (C=O) groups excluding carboxylic acids is 3. The fourth-order valence-electron chi connectivity index (χ4n) is 2.55. The third-order valence-electron chi connectivity index (χ3n) is 4.25. The lowest BCUT2D eigenvalue weighted by Gasteiger charge is -2.25. The van der Waals surface area contributed by atoms with Gasteiger partial charge in [0.25, 0.3) is 0 Å². The van der Waals surface area contributed by atoms with Crippen LogP contribution in [0.5, 0.6) is 0 Å². The topological polar surface area (TPSA) is 197 Å². The summed E-state index contributed by atoms with van der Waals surface area (Å²) < 4.78 is 0. The zero-order valence-corrected chi connectivity index (χ0v) is 18.4. The van der Waals surface area contributed by atoms with Gasteiger partial charge < -0.3 is 37.6 Å². The number of carboxylic acid groups (broad SMARTS) is 1. The van der Waals surface area contributed by atoms with Crippen LogP contribution in [0.15, 0.2) is 0 Å². The molecule has 0 spiro atoms. The van der Waals surface area contributed by atoms with Crippen LogP contribution < -0.4 is 27.4 Å². The number of carbonyl (C=O) groups is 4. The molecule has 0 aromatic rings. The average molecular weight is 450 g/mol. The Kier molecular flexibility index (Phi) is 14.0. The number of nitrogens with one attached hydrogen (secondary N) is 3.